The van der Waals surface area contributed by atoms with E-state index in [4.69, 9.17) is 11.5 Å². The number of phenolic OH excluding ortho intramolecular Hbond substituents is 2. The quantitative estimate of drug-likeness (QED) is 0.349. The molecule has 0 atom stereocenters. The van der Waals surface area contributed by atoms with E-state index >= 15 is 0 Å². The van der Waals surface area contributed by atoms with Gasteiger partial charge in [-0.1, -0.05) is 26.0 Å². The first-order valence-corrected chi connectivity index (χ1v) is 8.78. The predicted octanol–water partition coefficient (Wildman–Crippen LogP) is 3.84. The number of nitrogens with one attached hydrogen (secondary N) is 1. The Morgan fingerprint density at radius 1 is 0.857 bits per heavy atom. The summed E-state index contributed by atoms with van der Waals surface area (Å²) in [4.78, 5) is 12.5. The third-order valence-electron chi connectivity index (χ3n) is 4.89. The molecule has 0 aliphatic rings. The number of phenols is 2. The van der Waals surface area contributed by atoms with E-state index in [0.717, 1.165) is 11.1 Å². The van der Waals surface area contributed by atoms with Crippen molar-refractivity contribution in [3.05, 3.63) is 77.4 Å². The van der Waals surface area contributed by atoms with E-state index in [1.165, 1.54) is 0 Å². The van der Waals surface area contributed by atoms with Crippen molar-refractivity contribution < 1.29 is 15.0 Å². The van der Waals surface area contributed by atoms with E-state index in [9.17, 15) is 15.0 Å². The number of carbonyl (C=O) groups excluding carboxylic acids is 1. The van der Waals surface area contributed by atoms with Crippen molar-refractivity contribution in [3.8, 4) is 11.5 Å². The fourth-order valence-electron chi connectivity index (χ4n) is 2.96. The summed E-state index contributed by atoms with van der Waals surface area (Å²) in [6.45, 7) is 3.99. The normalized spacial score (nSPS) is 11.2. The number of rotatable bonds is 4. The summed E-state index contributed by atoms with van der Waals surface area (Å²) in [6, 6.07) is 16.7. The highest BCUT2D eigenvalue weighted by Gasteiger charge is 2.25. The number of nitrogen functional groups attached to an aromatic ring is 2. The van der Waals surface area contributed by atoms with Gasteiger partial charge in [-0.3, -0.25) is 4.79 Å². The highest BCUT2D eigenvalue weighted by molar-refractivity contribution is 6.05. The lowest BCUT2D eigenvalue weighted by Crippen LogP contribution is -2.20. The number of hydrogen-bond donors (Lipinski definition) is 5. The van der Waals surface area contributed by atoms with Gasteiger partial charge in [0, 0.05) is 16.7 Å². The van der Waals surface area contributed by atoms with Crippen LogP contribution in [0.4, 0.5) is 17.1 Å². The molecule has 0 saturated carbocycles. The number of nitrogens with two attached hydrogens (primary N) is 2. The molecular weight excluding hydrogens is 354 g/mol. The van der Waals surface area contributed by atoms with Gasteiger partial charge in [0.05, 0.1) is 11.4 Å². The minimum atomic E-state index is -0.476. The summed E-state index contributed by atoms with van der Waals surface area (Å²) in [5.41, 5.74) is 14.4. The summed E-state index contributed by atoms with van der Waals surface area (Å²) in [5.74, 6) is -0.352. The first-order valence-electron chi connectivity index (χ1n) is 8.78. The van der Waals surface area contributed by atoms with Crippen LogP contribution in [0.25, 0.3) is 0 Å². The van der Waals surface area contributed by atoms with Gasteiger partial charge in [-0.2, -0.15) is 0 Å². The second-order valence-electron chi connectivity index (χ2n) is 7.21. The molecule has 3 rings (SSSR count). The Balaban J connectivity index is 1.93. The molecular formula is C22H23N3O3. The average Bonchev–Trinajstić information content (AvgIpc) is 2.66. The molecule has 1 amide bonds. The third kappa shape index (κ3) is 3.71. The molecule has 6 nitrogen and oxygen atoms in total. The summed E-state index contributed by atoms with van der Waals surface area (Å²) in [6.07, 6.45) is 0. The minimum Gasteiger partial charge on any atom is -0.506 e. The zero-order chi connectivity index (χ0) is 20.5. The van der Waals surface area contributed by atoms with Crippen LogP contribution in [0, 0.1) is 0 Å². The Kier molecular flexibility index (Phi) is 4.88. The molecule has 3 aromatic carbocycles. The molecule has 0 radical (unpaired) electrons. The van der Waals surface area contributed by atoms with Crippen LogP contribution in [0.3, 0.4) is 0 Å². The maximum absolute atomic E-state index is 12.5. The van der Waals surface area contributed by atoms with E-state index in [1.54, 1.807) is 60.7 Å². The molecule has 7 N–H and O–H groups in total. The maximum Gasteiger partial charge on any atom is 0.255 e. The third-order valence-corrected chi connectivity index (χ3v) is 4.89. The number of hydrogen-bond acceptors (Lipinski definition) is 5. The van der Waals surface area contributed by atoms with Gasteiger partial charge in [0.25, 0.3) is 5.91 Å². The molecule has 144 valence electrons. The molecule has 0 aliphatic carbocycles. The van der Waals surface area contributed by atoms with Gasteiger partial charge in [-0.25, -0.2) is 0 Å². The number of carbonyl (C=O) groups is 1. The van der Waals surface area contributed by atoms with Crippen molar-refractivity contribution in [1.82, 2.24) is 0 Å². The molecule has 0 aliphatic heterocycles. The summed E-state index contributed by atoms with van der Waals surface area (Å²) >= 11 is 0. The largest absolute Gasteiger partial charge is 0.506 e. The van der Waals surface area contributed by atoms with Gasteiger partial charge in [-0.05, 0) is 59.7 Å². The lowest BCUT2D eigenvalue weighted by molar-refractivity contribution is 0.102. The van der Waals surface area contributed by atoms with E-state index < -0.39 is 5.41 Å². The van der Waals surface area contributed by atoms with Crippen molar-refractivity contribution in [2.24, 2.45) is 0 Å². The standard InChI is InChI=1S/C22H23N3O3/c1-22(2,14-5-9-19(26)17(24)11-14)15-6-10-20(27)18(12-15)25-21(28)13-3-7-16(23)8-4-13/h3-12,26-27H,23-24H2,1-2H3,(H,25,28). The van der Waals surface area contributed by atoms with Crippen LogP contribution in [0.15, 0.2) is 60.7 Å². The fraction of sp³-hybridized carbons (Fsp3) is 0.136. The molecule has 0 heterocycles. The van der Waals surface area contributed by atoms with Gasteiger partial charge in [0.2, 0.25) is 0 Å². The second-order valence-corrected chi connectivity index (χ2v) is 7.21. The van der Waals surface area contributed by atoms with Crippen LogP contribution in [-0.4, -0.2) is 16.1 Å². The first kappa shape index (κ1) is 19.1. The molecule has 0 aromatic heterocycles. The van der Waals surface area contributed by atoms with E-state index in [2.05, 4.69) is 5.32 Å². The Bertz CT molecular complexity index is 1030. The van der Waals surface area contributed by atoms with Crippen LogP contribution < -0.4 is 16.8 Å². The Morgan fingerprint density at radius 2 is 1.43 bits per heavy atom. The van der Waals surface area contributed by atoms with Crippen molar-refractivity contribution in [1.29, 1.82) is 0 Å². The average molecular weight is 377 g/mol. The van der Waals surface area contributed by atoms with Crippen LogP contribution in [-0.2, 0) is 5.41 Å². The lowest BCUT2D eigenvalue weighted by Gasteiger charge is -2.27. The fourth-order valence-corrected chi connectivity index (χ4v) is 2.96. The van der Waals surface area contributed by atoms with Crippen LogP contribution >= 0.6 is 0 Å². The summed E-state index contributed by atoms with van der Waals surface area (Å²) < 4.78 is 0. The molecule has 0 saturated heterocycles. The van der Waals surface area contributed by atoms with Crippen LogP contribution in [0.5, 0.6) is 11.5 Å². The highest BCUT2D eigenvalue weighted by atomic mass is 16.3. The van der Waals surface area contributed by atoms with Crippen molar-refractivity contribution in [2.45, 2.75) is 19.3 Å². The molecule has 6 heteroatoms. The van der Waals surface area contributed by atoms with E-state index in [0.29, 0.717) is 22.6 Å². The molecule has 28 heavy (non-hydrogen) atoms. The minimum absolute atomic E-state index is 0.0294. The Hall–Kier alpha value is -3.67. The molecule has 0 fully saturated rings. The van der Waals surface area contributed by atoms with Gasteiger partial charge in [0.1, 0.15) is 11.5 Å². The first-order chi connectivity index (χ1) is 13.2. The van der Waals surface area contributed by atoms with Crippen molar-refractivity contribution >= 4 is 23.0 Å². The molecule has 3 aromatic rings. The highest BCUT2D eigenvalue weighted by Crippen LogP contribution is 2.37. The Morgan fingerprint density at radius 3 is 2.04 bits per heavy atom. The topological polar surface area (TPSA) is 122 Å². The van der Waals surface area contributed by atoms with Gasteiger partial charge >= 0.3 is 0 Å². The summed E-state index contributed by atoms with van der Waals surface area (Å²) in [5, 5.41) is 22.6. The smallest absolute Gasteiger partial charge is 0.255 e. The second kappa shape index (κ2) is 7.15. The number of amides is 1. The van der Waals surface area contributed by atoms with Gasteiger partial charge in [0.15, 0.2) is 0 Å². The zero-order valence-corrected chi connectivity index (χ0v) is 15.7. The predicted molar refractivity (Wildman–Crippen MR) is 112 cm³/mol. The summed E-state index contributed by atoms with van der Waals surface area (Å²) in [7, 11) is 0. The van der Waals surface area contributed by atoms with Crippen molar-refractivity contribution in [2.75, 3.05) is 16.8 Å². The van der Waals surface area contributed by atoms with E-state index in [1.807, 2.05) is 13.8 Å². The van der Waals surface area contributed by atoms with Crippen LogP contribution in [0.2, 0.25) is 0 Å². The molecule has 0 spiro atoms. The van der Waals surface area contributed by atoms with Crippen LogP contribution in [0.1, 0.15) is 35.3 Å². The molecule has 0 unspecified atom stereocenters. The zero-order valence-electron chi connectivity index (χ0n) is 15.7. The number of benzene rings is 3. The SMILES string of the molecule is CC(C)(c1ccc(O)c(N)c1)c1ccc(O)c(NC(=O)c2ccc(N)cc2)c1. The van der Waals surface area contributed by atoms with Gasteiger partial charge in [-0.15, -0.1) is 0 Å². The molecule has 0 bridgehead atoms. The number of anilines is 3. The van der Waals surface area contributed by atoms with E-state index in [-0.39, 0.29) is 17.4 Å². The monoisotopic (exact) mass is 377 g/mol. The Labute approximate surface area is 163 Å². The number of aromatic hydroxyl groups is 2. The maximum atomic E-state index is 12.5. The van der Waals surface area contributed by atoms with Gasteiger partial charge < -0.3 is 27.0 Å². The lowest BCUT2D eigenvalue weighted by atomic mass is 9.77. The van der Waals surface area contributed by atoms with Crippen molar-refractivity contribution in [3.63, 3.8) is 0 Å².